The molecule has 4 heteroatoms. The molecule has 23 heavy (non-hydrogen) atoms. The molecule has 1 saturated heterocycles. The average molecular weight is 307 g/mol. The predicted molar refractivity (Wildman–Crippen MR) is 92.8 cm³/mol. The van der Waals surface area contributed by atoms with Crippen LogP contribution in [-0.2, 0) is 6.54 Å². The highest BCUT2D eigenvalue weighted by Crippen LogP contribution is 2.39. The zero-order valence-electron chi connectivity index (χ0n) is 13.1. The summed E-state index contributed by atoms with van der Waals surface area (Å²) in [6.45, 7) is 2.44. The maximum atomic E-state index is 12.7. The molecule has 4 rings (SSSR count). The third-order valence-corrected chi connectivity index (χ3v) is 4.78. The van der Waals surface area contributed by atoms with Crippen molar-refractivity contribution >= 4 is 17.4 Å². The van der Waals surface area contributed by atoms with E-state index in [1.165, 1.54) is 12.1 Å². The number of urea groups is 1. The van der Waals surface area contributed by atoms with Crippen LogP contribution in [0.25, 0.3) is 0 Å². The first-order valence-electron chi connectivity index (χ1n) is 8.28. The summed E-state index contributed by atoms with van der Waals surface area (Å²) in [5.74, 6) is 0. The average Bonchev–Trinajstić information content (AvgIpc) is 3.09. The van der Waals surface area contributed by atoms with E-state index in [-0.39, 0.29) is 6.03 Å². The van der Waals surface area contributed by atoms with Crippen LogP contribution in [0.5, 0.6) is 0 Å². The molecule has 0 unspecified atom stereocenters. The zero-order valence-corrected chi connectivity index (χ0v) is 13.1. The molecule has 2 aromatic rings. The van der Waals surface area contributed by atoms with Crippen LogP contribution < -0.4 is 15.1 Å². The lowest BCUT2D eigenvalue weighted by Crippen LogP contribution is -2.51. The second-order valence-electron chi connectivity index (χ2n) is 6.23. The Morgan fingerprint density at radius 3 is 2.61 bits per heavy atom. The minimum atomic E-state index is -0.00662. The number of nitrogens with zero attached hydrogens (tertiary/aromatic N) is 2. The van der Waals surface area contributed by atoms with E-state index in [0.29, 0.717) is 12.6 Å². The summed E-state index contributed by atoms with van der Waals surface area (Å²) in [5, 5.41) is 3.06. The molecule has 0 bridgehead atoms. The van der Waals surface area contributed by atoms with Gasteiger partial charge >= 0.3 is 6.03 Å². The molecule has 1 N–H and O–H groups in total. The summed E-state index contributed by atoms with van der Waals surface area (Å²) in [7, 11) is 0. The van der Waals surface area contributed by atoms with Gasteiger partial charge in [0.25, 0.3) is 0 Å². The highest BCUT2D eigenvalue weighted by molar-refractivity contribution is 5.97. The fourth-order valence-electron chi connectivity index (χ4n) is 3.65. The molecule has 0 radical (unpaired) electrons. The van der Waals surface area contributed by atoms with Crippen LogP contribution in [0.3, 0.4) is 0 Å². The van der Waals surface area contributed by atoms with Gasteiger partial charge in [-0.15, -0.1) is 0 Å². The summed E-state index contributed by atoms with van der Waals surface area (Å²) in [5.41, 5.74) is 3.33. The largest absolute Gasteiger partial charge is 0.365 e. The van der Waals surface area contributed by atoms with E-state index < -0.39 is 0 Å². The van der Waals surface area contributed by atoms with Gasteiger partial charge in [-0.2, -0.15) is 0 Å². The number of hydrogen-bond acceptors (Lipinski definition) is 2. The molecule has 2 aliphatic heterocycles. The lowest BCUT2D eigenvalue weighted by atomic mass is 10.1. The summed E-state index contributed by atoms with van der Waals surface area (Å²) in [6, 6.07) is 18.7. The zero-order chi connectivity index (χ0) is 15.6. The van der Waals surface area contributed by atoms with Crippen molar-refractivity contribution in [3.05, 3.63) is 60.2 Å². The van der Waals surface area contributed by atoms with Gasteiger partial charge in [-0.05, 0) is 30.5 Å². The Kier molecular flexibility index (Phi) is 3.66. The number of carbonyl (C=O) groups excluding carboxylic acids is 1. The van der Waals surface area contributed by atoms with E-state index >= 15 is 0 Å². The first-order chi connectivity index (χ1) is 11.3. The van der Waals surface area contributed by atoms with E-state index in [1.54, 1.807) is 0 Å². The third-order valence-electron chi connectivity index (χ3n) is 4.78. The van der Waals surface area contributed by atoms with Crippen molar-refractivity contribution in [3.63, 3.8) is 0 Å². The minimum Gasteiger partial charge on any atom is -0.365 e. The lowest BCUT2D eigenvalue weighted by Gasteiger charge is -2.40. The molecular formula is C19H21N3O. The van der Waals surface area contributed by atoms with Gasteiger partial charge in [0.2, 0.25) is 0 Å². The van der Waals surface area contributed by atoms with Gasteiger partial charge in [-0.25, -0.2) is 4.79 Å². The Hall–Kier alpha value is -2.49. The van der Waals surface area contributed by atoms with Crippen molar-refractivity contribution < 1.29 is 4.79 Å². The summed E-state index contributed by atoms with van der Waals surface area (Å²) >= 11 is 0. The quantitative estimate of drug-likeness (QED) is 0.923. The fraction of sp³-hybridized carbons (Fsp3) is 0.316. The standard InChI is InChI=1S/C19H21N3O/c23-19(20-13-15-7-2-1-3-8-15)22-14-16-9-6-12-21(16)17-10-4-5-11-18(17)22/h1-5,7-8,10-11,16H,6,9,12-14H2,(H,20,23)/t16-/m0/s1. The maximum Gasteiger partial charge on any atom is 0.322 e. The van der Waals surface area contributed by atoms with Crippen molar-refractivity contribution in [3.8, 4) is 0 Å². The molecular weight excluding hydrogens is 286 g/mol. The van der Waals surface area contributed by atoms with Gasteiger partial charge in [-0.1, -0.05) is 42.5 Å². The molecule has 2 aliphatic rings. The molecule has 1 atom stereocenters. The van der Waals surface area contributed by atoms with Crippen LogP contribution in [0.15, 0.2) is 54.6 Å². The summed E-state index contributed by atoms with van der Waals surface area (Å²) < 4.78 is 0. The first-order valence-corrected chi connectivity index (χ1v) is 8.28. The number of hydrogen-bond donors (Lipinski definition) is 1. The van der Waals surface area contributed by atoms with Gasteiger partial charge in [0.1, 0.15) is 0 Å². The molecule has 1 fully saturated rings. The van der Waals surface area contributed by atoms with Crippen molar-refractivity contribution in [2.75, 3.05) is 22.9 Å². The molecule has 4 nitrogen and oxygen atoms in total. The normalized spacial score (nSPS) is 19.2. The molecule has 0 aromatic heterocycles. The summed E-state index contributed by atoms with van der Waals surface area (Å²) in [6.07, 6.45) is 2.37. The number of anilines is 2. The Balaban J connectivity index is 1.54. The first kappa shape index (κ1) is 14.1. The molecule has 0 saturated carbocycles. The van der Waals surface area contributed by atoms with Crippen molar-refractivity contribution in [2.24, 2.45) is 0 Å². The minimum absolute atomic E-state index is 0.00662. The monoisotopic (exact) mass is 307 g/mol. The van der Waals surface area contributed by atoms with Crippen LogP contribution in [0.1, 0.15) is 18.4 Å². The van der Waals surface area contributed by atoms with Gasteiger partial charge in [0, 0.05) is 25.7 Å². The second-order valence-corrected chi connectivity index (χ2v) is 6.23. The number of amides is 2. The van der Waals surface area contributed by atoms with E-state index in [4.69, 9.17) is 0 Å². The summed E-state index contributed by atoms with van der Waals surface area (Å²) in [4.78, 5) is 17.1. The van der Waals surface area contributed by atoms with Crippen molar-refractivity contribution in [1.29, 1.82) is 0 Å². The molecule has 2 amide bonds. The number of para-hydroxylation sites is 2. The van der Waals surface area contributed by atoms with E-state index in [1.807, 2.05) is 47.4 Å². The molecule has 118 valence electrons. The predicted octanol–water partition coefficient (Wildman–Crippen LogP) is 3.39. The second kappa shape index (κ2) is 5.95. The van der Waals surface area contributed by atoms with Crippen LogP contribution in [-0.4, -0.2) is 25.2 Å². The number of nitrogens with one attached hydrogen (secondary N) is 1. The number of rotatable bonds is 2. The van der Waals surface area contributed by atoms with E-state index in [0.717, 1.165) is 30.8 Å². The highest BCUT2D eigenvalue weighted by Gasteiger charge is 2.35. The van der Waals surface area contributed by atoms with E-state index in [2.05, 4.69) is 22.3 Å². The van der Waals surface area contributed by atoms with Crippen LogP contribution >= 0.6 is 0 Å². The third kappa shape index (κ3) is 2.65. The van der Waals surface area contributed by atoms with Crippen LogP contribution in [0.2, 0.25) is 0 Å². The van der Waals surface area contributed by atoms with Gasteiger partial charge in [0.15, 0.2) is 0 Å². The van der Waals surface area contributed by atoms with Gasteiger partial charge in [0.05, 0.1) is 11.4 Å². The SMILES string of the molecule is O=C(NCc1ccccc1)N1C[C@@H]2CCCN2c2ccccc21. The maximum absolute atomic E-state index is 12.7. The van der Waals surface area contributed by atoms with Crippen LogP contribution in [0.4, 0.5) is 16.2 Å². The Bertz CT molecular complexity index is 701. The molecule has 0 spiro atoms. The Morgan fingerprint density at radius 2 is 1.78 bits per heavy atom. The van der Waals surface area contributed by atoms with Gasteiger partial charge in [-0.3, -0.25) is 4.90 Å². The van der Waals surface area contributed by atoms with E-state index in [9.17, 15) is 4.79 Å². The van der Waals surface area contributed by atoms with Crippen LogP contribution in [0, 0.1) is 0 Å². The number of fused-ring (bicyclic) bond motifs is 3. The lowest BCUT2D eigenvalue weighted by molar-refractivity contribution is 0.245. The number of carbonyl (C=O) groups is 1. The van der Waals surface area contributed by atoms with Crippen molar-refractivity contribution in [1.82, 2.24) is 5.32 Å². The Labute approximate surface area is 136 Å². The number of benzene rings is 2. The highest BCUT2D eigenvalue weighted by atomic mass is 16.2. The van der Waals surface area contributed by atoms with Gasteiger partial charge < -0.3 is 10.2 Å². The van der Waals surface area contributed by atoms with Crippen molar-refractivity contribution in [2.45, 2.75) is 25.4 Å². The molecule has 2 heterocycles. The fourth-order valence-corrected chi connectivity index (χ4v) is 3.65. The Morgan fingerprint density at radius 1 is 1.04 bits per heavy atom. The topological polar surface area (TPSA) is 35.6 Å². The molecule has 0 aliphatic carbocycles. The molecule has 2 aromatic carbocycles. The smallest absolute Gasteiger partial charge is 0.322 e.